The van der Waals surface area contributed by atoms with Crippen molar-refractivity contribution >= 4 is 29.6 Å². The van der Waals surface area contributed by atoms with Gasteiger partial charge in [0.1, 0.15) is 0 Å². The van der Waals surface area contributed by atoms with Gasteiger partial charge in [-0.05, 0) is 75.5 Å². The fourth-order valence-corrected chi connectivity index (χ4v) is 4.30. The second-order valence-electron chi connectivity index (χ2n) is 9.17. The lowest BCUT2D eigenvalue weighted by atomic mass is 9.91. The molecule has 2 atom stereocenters. The number of hydrogen-bond donors (Lipinski definition) is 1. The number of nitrogens with zero attached hydrogens (tertiary/aromatic N) is 3. The summed E-state index contributed by atoms with van der Waals surface area (Å²) in [6.45, 7) is 6.86. The third kappa shape index (κ3) is 7.21. The number of pyridine rings is 1. The Bertz CT molecular complexity index is 1040. The number of unbranched alkanes of at least 4 members (excludes halogenated alkanes) is 1. The zero-order chi connectivity index (χ0) is 24.3. The largest absolute Gasteiger partial charge is 0.369 e. The minimum Gasteiger partial charge on any atom is -0.369 e. The summed E-state index contributed by atoms with van der Waals surface area (Å²) in [6.07, 6.45) is 24.0. The zero-order valence-electron chi connectivity index (χ0n) is 20.8. The highest BCUT2D eigenvalue weighted by Crippen LogP contribution is 2.32. The molecule has 0 spiro atoms. The van der Waals surface area contributed by atoms with Crippen molar-refractivity contribution in [2.75, 3.05) is 6.54 Å². The van der Waals surface area contributed by atoms with Crippen molar-refractivity contribution in [1.82, 2.24) is 4.98 Å². The van der Waals surface area contributed by atoms with Crippen LogP contribution in [0.25, 0.3) is 5.57 Å². The molecule has 1 aromatic rings. The lowest BCUT2D eigenvalue weighted by molar-refractivity contribution is -0.120. The highest BCUT2D eigenvalue weighted by Gasteiger charge is 2.17. The lowest BCUT2D eigenvalue weighted by Gasteiger charge is -2.14. The van der Waals surface area contributed by atoms with Gasteiger partial charge in [0.15, 0.2) is 0 Å². The second-order valence-corrected chi connectivity index (χ2v) is 9.17. The van der Waals surface area contributed by atoms with E-state index in [4.69, 9.17) is 10.7 Å². The van der Waals surface area contributed by atoms with Gasteiger partial charge in [-0.2, -0.15) is 0 Å². The van der Waals surface area contributed by atoms with Crippen LogP contribution in [0.3, 0.4) is 0 Å². The molecule has 1 aliphatic carbocycles. The van der Waals surface area contributed by atoms with Crippen LogP contribution in [-0.4, -0.2) is 29.9 Å². The van der Waals surface area contributed by atoms with E-state index in [-0.39, 0.29) is 11.8 Å². The van der Waals surface area contributed by atoms with E-state index < -0.39 is 0 Å². The van der Waals surface area contributed by atoms with E-state index in [9.17, 15) is 4.79 Å². The minimum absolute atomic E-state index is 0.269. The summed E-state index contributed by atoms with van der Waals surface area (Å²) in [5, 5.41) is 0. The third-order valence-corrected chi connectivity index (χ3v) is 6.44. The number of carbonyl (C=O) groups excluding carboxylic acids is 1. The quantitative estimate of drug-likeness (QED) is 0.453. The van der Waals surface area contributed by atoms with Gasteiger partial charge in [0.05, 0.1) is 17.3 Å². The van der Waals surface area contributed by atoms with Crippen molar-refractivity contribution in [3.05, 3.63) is 65.0 Å². The molecule has 3 rings (SSSR count). The maximum absolute atomic E-state index is 11.7. The number of aryl methyl sites for hydroxylation is 1. The predicted molar refractivity (Wildman–Crippen MR) is 144 cm³/mol. The van der Waals surface area contributed by atoms with E-state index >= 15 is 0 Å². The number of hydrogen-bond acceptors (Lipinski definition) is 4. The Morgan fingerprint density at radius 1 is 1.29 bits per heavy atom. The molecular formula is C29H38N4O. The van der Waals surface area contributed by atoms with Gasteiger partial charge in [-0.3, -0.25) is 19.8 Å². The molecule has 2 heterocycles. The Hall–Kier alpha value is -3.08. The van der Waals surface area contributed by atoms with Gasteiger partial charge >= 0.3 is 0 Å². The van der Waals surface area contributed by atoms with Crippen LogP contribution in [0.15, 0.2) is 63.8 Å². The minimum atomic E-state index is -0.279. The molecule has 0 saturated carbocycles. The first-order chi connectivity index (χ1) is 16.5. The van der Waals surface area contributed by atoms with Crippen molar-refractivity contribution < 1.29 is 4.79 Å². The summed E-state index contributed by atoms with van der Waals surface area (Å²) >= 11 is 0. The molecule has 34 heavy (non-hydrogen) atoms. The normalized spacial score (nSPS) is 21.5. The Kier molecular flexibility index (Phi) is 9.75. The average Bonchev–Trinajstić information content (AvgIpc) is 2.98. The van der Waals surface area contributed by atoms with Crippen molar-refractivity contribution in [1.29, 1.82) is 0 Å². The molecule has 1 aliphatic heterocycles. The van der Waals surface area contributed by atoms with Crippen molar-refractivity contribution in [3.8, 4) is 0 Å². The first-order valence-electron chi connectivity index (χ1n) is 12.6. The predicted octanol–water partition coefficient (Wildman–Crippen LogP) is 6.47. The number of allylic oxidation sites excluding steroid dienone is 7. The number of amides is 1. The molecule has 1 amide bonds. The molecule has 180 valence electrons. The van der Waals surface area contributed by atoms with E-state index in [1.807, 2.05) is 38.5 Å². The standard InChI is InChI=1S/C29H38N4O/c1-4-5-15-33-28-22(3)32-17-14-27(28)26-19-24(13-16-31-20-26)18-23-9-7-6-8-10-25(12-11-23)21(2)29(30)34/h9-12,14-15,17,19-21,24H,4-8,13,16,18H2,1-3H3,(H2,30,34)/b12-11?,23-9?,25-10-,33-15?. The van der Waals surface area contributed by atoms with Gasteiger partial charge in [0.2, 0.25) is 5.91 Å². The number of carbonyl (C=O) groups is 1. The third-order valence-electron chi connectivity index (χ3n) is 6.44. The van der Waals surface area contributed by atoms with Gasteiger partial charge in [-0.1, -0.05) is 49.3 Å². The Balaban J connectivity index is 1.86. The van der Waals surface area contributed by atoms with Crippen LogP contribution >= 0.6 is 0 Å². The molecule has 1 aromatic heterocycles. The van der Waals surface area contributed by atoms with Crippen LogP contribution in [0.2, 0.25) is 0 Å². The summed E-state index contributed by atoms with van der Waals surface area (Å²) in [5.41, 5.74) is 12.0. The van der Waals surface area contributed by atoms with Crippen molar-refractivity contribution in [2.45, 2.75) is 65.7 Å². The van der Waals surface area contributed by atoms with Gasteiger partial charge in [0.25, 0.3) is 0 Å². The van der Waals surface area contributed by atoms with E-state index in [0.717, 1.165) is 79.6 Å². The summed E-state index contributed by atoms with van der Waals surface area (Å²) in [4.78, 5) is 25.6. The Morgan fingerprint density at radius 3 is 2.91 bits per heavy atom. The number of rotatable bonds is 8. The van der Waals surface area contributed by atoms with Gasteiger partial charge < -0.3 is 5.73 Å². The number of aliphatic imine (C=N–C) groups is 2. The van der Waals surface area contributed by atoms with Crippen LogP contribution in [0.4, 0.5) is 5.69 Å². The topological polar surface area (TPSA) is 80.7 Å². The number of nitrogens with two attached hydrogens (primary N) is 1. The molecule has 2 aliphatic rings. The number of aromatic nitrogens is 1. The molecule has 0 saturated heterocycles. The lowest BCUT2D eigenvalue weighted by Crippen LogP contribution is -2.21. The molecule has 2 N–H and O–H groups in total. The molecular weight excluding hydrogens is 420 g/mol. The summed E-state index contributed by atoms with van der Waals surface area (Å²) in [5.74, 6) is -0.176. The van der Waals surface area contributed by atoms with E-state index in [1.54, 1.807) is 0 Å². The molecule has 0 bridgehead atoms. The fourth-order valence-electron chi connectivity index (χ4n) is 4.30. The van der Waals surface area contributed by atoms with Crippen LogP contribution in [0.1, 0.15) is 70.1 Å². The molecule has 5 heteroatoms. The van der Waals surface area contributed by atoms with E-state index in [2.05, 4.69) is 47.3 Å². The molecule has 5 nitrogen and oxygen atoms in total. The van der Waals surface area contributed by atoms with Gasteiger partial charge in [-0.25, -0.2) is 0 Å². The molecule has 2 unspecified atom stereocenters. The maximum Gasteiger partial charge on any atom is 0.224 e. The van der Waals surface area contributed by atoms with Crippen LogP contribution in [0.5, 0.6) is 0 Å². The SMILES string of the molecule is CCCC=Nc1c(C2=CC(CC3=CCCC/C=C(\C(C)C(N)=O)C=C3)CCN=C2)ccnc1C. The monoisotopic (exact) mass is 458 g/mol. The Labute approximate surface area is 204 Å². The second kappa shape index (κ2) is 13.0. The van der Waals surface area contributed by atoms with Crippen LogP contribution in [-0.2, 0) is 4.79 Å². The average molecular weight is 459 g/mol. The summed E-state index contributed by atoms with van der Waals surface area (Å²) in [6, 6.07) is 2.05. The van der Waals surface area contributed by atoms with Gasteiger partial charge in [0, 0.05) is 30.7 Å². The van der Waals surface area contributed by atoms with Crippen molar-refractivity contribution in [3.63, 3.8) is 0 Å². The Morgan fingerprint density at radius 2 is 2.12 bits per heavy atom. The highest BCUT2D eigenvalue weighted by molar-refractivity contribution is 6.12. The summed E-state index contributed by atoms with van der Waals surface area (Å²) in [7, 11) is 0. The van der Waals surface area contributed by atoms with E-state index in [1.165, 1.54) is 5.57 Å². The number of primary amides is 1. The molecule has 0 aromatic carbocycles. The maximum atomic E-state index is 11.7. The van der Waals surface area contributed by atoms with Crippen molar-refractivity contribution in [2.24, 2.45) is 27.6 Å². The van der Waals surface area contributed by atoms with Crippen LogP contribution < -0.4 is 5.73 Å². The molecule has 0 fully saturated rings. The highest BCUT2D eigenvalue weighted by atomic mass is 16.1. The zero-order valence-corrected chi connectivity index (χ0v) is 20.8. The van der Waals surface area contributed by atoms with Crippen LogP contribution in [0, 0.1) is 18.8 Å². The first-order valence-corrected chi connectivity index (χ1v) is 12.6. The fraction of sp³-hybridized carbons (Fsp3) is 0.448. The molecule has 0 radical (unpaired) electrons. The van der Waals surface area contributed by atoms with E-state index in [0.29, 0.717) is 5.92 Å². The van der Waals surface area contributed by atoms with Gasteiger partial charge in [-0.15, -0.1) is 0 Å². The first kappa shape index (κ1) is 25.5. The summed E-state index contributed by atoms with van der Waals surface area (Å²) < 4.78 is 0. The smallest absolute Gasteiger partial charge is 0.224 e.